The number of rotatable bonds is 7. The third kappa shape index (κ3) is 4.96. The molecule has 0 radical (unpaired) electrons. The first-order valence-electron chi connectivity index (χ1n) is 10.2. The van der Waals surface area contributed by atoms with Gasteiger partial charge in [0.2, 0.25) is 15.9 Å². The van der Waals surface area contributed by atoms with E-state index in [1.165, 1.54) is 12.8 Å². The van der Waals surface area contributed by atoms with Gasteiger partial charge >= 0.3 is 0 Å². The first-order chi connectivity index (χ1) is 13.3. The monoisotopic (exact) mass is 471 g/mol. The van der Waals surface area contributed by atoms with Crippen LogP contribution in [0.5, 0.6) is 0 Å². The van der Waals surface area contributed by atoms with Crippen molar-refractivity contribution in [3.8, 4) is 0 Å². The van der Waals surface area contributed by atoms with E-state index in [2.05, 4.69) is 32.5 Å². The molecular formula is C20H30BrN3O3S. The molecule has 6 nitrogen and oxygen atoms in total. The molecule has 0 spiro atoms. The van der Waals surface area contributed by atoms with Crippen molar-refractivity contribution in [2.75, 3.05) is 37.6 Å². The van der Waals surface area contributed by atoms with Gasteiger partial charge in [0.25, 0.3) is 0 Å². The van der Waals surface area contributed by atoms with Crippen LogP contribution >= 0.6 is 15.9 Å². The first-order valence-corrected chi connectivity index (χ1v) is 12.4. The summed E-state index contributed by atoms with van der Waals surface area (Å²) in [7, 11) is -3.69. The lowest BCUT2D eigenvalue weighted by atomic mass is 9.99. The Morgan fingerprint density at radius 3 is 2.64 bits per heavy atom. The summed E-state index contributed by atoms with van der Waals surface area (Å²) in [4.78, 5) is 16.5. The van der Waals surface area contributed by atoms with Crippen LogP contribution in [0.15, 0.2) is 21.5 Å². The highest BCUT2D eigenvalue weighted by atomic mass is 79.9. The molecule has 156 valence electrons. The van der Waals surface area contributed by atoms with Gasteiger partial charge < -0.3 is 9.80 Å². The van der Waals surface area contributed by atoms with Gasteiger partial charge in [-0.25, -0.2) is 13.1 Å². The highest BCUT2D eigenvalue weighted by molar-refractivity contribution is 9.10. The van der Waals surface area contributed by atoms with Gasteiger partial charge in [-0.2, -0.15) is 0 Å². The number of carbonyl (C=O) groups is 1. The molecule has 0 aliphatic carbocycles. The summed E-state index contributed by atoms with van der Waals surface area (Å²) in [6.07, 6.45) is 4.25. The van der Waals surface area contributed by atoms with Crippen LogP contribution in [-0.4, -0.2) is 51.9 Å². The Bertz CT molecular complexity index is 820. The zero-order valence-electron chi connectivity index (χ0n) is 16.7. The molecule has 0 unspecified atom stereocenters. The fourth-order valence-corrected chi connectivity index (χ4v) is 5.99. The molecule has 2 heterocycles. The first kappa shape index (κ1) is 21.7. The lowest BCUT2D eigenvalue weighted by Gasteiger charge is -2.30. The zero-order chi connectivity index (χ0) is 20.3. The van der Waals surface area contributed by atoms with Gasteiger partial charge in [0.15, 0.2) is 0 Å². The van der Waals surface area contributed by atoms with E-state index in [0.29, 0.717) is 31.6 Å². The normalized spacial score (nSPS) is 18.5. The molecule has 28 heavy (non-hydrogen) atoms. The molecule has 1 aromatic carbocycles. The maximum absolute atomic E-state index is 13.0. The van der Waals surface area contributed by atoms with E-state index < -0.39 is 10.0 Å². The Labute approximate surface area is 176 Å². The van der Waals surface area contributed by atoms with E-state index in [9.17, 15) is 13.2 Å². The molecule has 1 aromatic rings. The maximum atomic E-state index is 13.0. The molecule has 0 aromatic heterocycles. The van der Waals surface area contributed by atoms with Crippen LogP contribution in [-0.2, 0) is 21.2 Å². The van der Waals surface area contributed by atoms with Crippen LogP contribution in [0.25, 0.3) is 0 Å². The fourth-order valence-electron chi connectivity index (χ4n) is 3.99. The second kappa shape index (κ2) is 9.24. The van der Waals surface area contributed by atoms with E-state index in [0.717, 1.165) is 42.0 Å². The average Bonchev–Trinajstić information content (AvgIpc) is 3.09. The van der Waals surface area contributed by atoms with E-state index in [1.54, 1.807) is 17.9 Å². The number of sulfonamides is 1. The third-order valence-corrected chi connectivity index (χ3v) is 7.64. The summed E-state index contributed by atoms with van der Waals surface area (Å²) >= 11 is 3.42. The molecule has 1 fully saturated rings. The van der Waals surface area contributed by atoms with E-state index in [4.69, 9.17) is 0 Å². The van der Waals surface area contributed by atoms with Crippen LogP contribution in [0.2, 0.25) is 0 Å². The number of benzene rings is 1. The summed E-state index contributed by atoms with van der Waals surface area (Å²) in [5.74, 6) is 0.749. The van der Waals surface area contributed by atoms with Gasteiger partial charge in [-0.05, 0) is 68.9 Å². The number of nitrogens with zero attached hydrogens (tertiary/aromatic N) is 2. The maximum Gasteiger partial charge on any atom is 0.242 e. The molecule has 8 heteroatoms. The molecule has 2 aliphatic heterocycles. The van der Waals surface area contributed by atoms with E-state index >= 15 is 0 Å². The van der Waals surface area contributed by atoms with Crippen molar-refractivity contribution in [3.05, 3.63) is 22.2 Å². The van der Waals surface area contributed by atoms with Crippen LogP contribution in [0, 0.1) is 5.92 Å². The van der Waals surface area contributed by atoms with Gasteiger partial charge in [0.05, 0.1) is 5.69 Å². The number of piperidine rings is 1. The van der Waals surface area contributed by atoms with Gasteiger partial charge in [-0.3, -0.25) is 4.79 Å². The number of likely N-dealkylation sites (tertiary alicyclic amines) is 1. The fraction of sp³-hybridized carbons (Fsp3) is 0.650. The number of fused-ring (bicyclic) bond motifs is 1. The van der Waals surface area contributed by atoms with Gasteiger partial charge in [-0.15, -0.1) is 0 Å². The molecular weight excluding hydrogens is 442 g/mol. The molecule has 2 aliphatic rings. The van der Waals surface area contributed by atoms with Crippen molar-refractivity contribution in [1.82, 2.24) is 9.62 Å². The summed E-state index contributed by atoms with van der Waals surface area (Å²) in [6.45, 7) is 8.13. The van der Waals surface area contributed by atoms with E-state index in [1.807, 2.05) is 6.07 Å². The van der Waals surface area contributed by atoms with Crippen molar-refractivity contribution in [1.29, 1.82) is 0 Å². The third-order valence-electron chi connectivity index (χ3n) is 5.71. The van der Waals surface area contributed by atoms with E-state index in [-0.39, 0.29) is 10.8 Å². The summed E-state index contributed by atoms with van der Waals surface area (Å²) < 4.78 is 29.5. The smallest absolute Gasteiger partial charge is 0.242 e. The van der Waals surface area contributed by atoms with Crippen molar-refractivity contribution < 1.29 is 13.2 Å². The topological polar surface area (TPSA) is 69.7 Å². The van der Waals surface area contributed by atoms with Crippen molar-refractivity contribution >= 4 is 37.5 Å². The lowest BCUT2D eigenvalue weighted by molar-refractivity contribution is -0.118. The molecule has 0 saturated carbocycles. The number of halogens is 1. The summed E-state index contributed by atoms with van der Waals surface area (Å²) in [5.41, 5.74) is 1.45. The van der Waals surface area contributed by atoms with Gasteiger partial charge in [0, 0.05) is 24.0 Å². The second-order valence-electron chi connectivity index (χ2n) is 7.84. The summed E-state index contributed by atoms with van der Waals surface area (Å²) in [6, 6.07) is 3.52. The highest BCUT2D eigenvalue weighted by Crippen LogP contribution is 2.37. The summed E-state index contributed by atoms with van der Waals surface area (Å²) in [5, 5.41) is 0. The minimum absolute atomic E-state index is 0.0446. The number of amides is 1. The number of anilines is 1. The zero-order valence-corrected chi connectivity index (χ0v) is 19.1. The predicted octanol–water partition coefficient (Wildman–Crippen LogP) is 3.15. The number of hydrogen-bond acceptors (Lipinski definition) is 4. The molecule has 1 amide bonds. The Kier molecular flexibility index (Phi) is 7.17. The number of carbonyl (C=O) groups excluding carboxylic acids is 1. The number of nitrogens with one attached hydrogen (secondary N) is 1. The van der Waals surface area contributed by atoms with Crippen LogP contribution < -0.4 is 9.62 Å². The average molecular weight is 472 g/mol. The second-order valence-corrected chi connectivity index (χ2v) is 10.5. The molecule has 3 rings (SSSR count). The Balaban J connectivity index is 1.67. The van der Waals surface area contributed by atoms with Gasteiger partial charge in [0.1, 0.15) is 4.90 Å². The van der Waals surface area contributed by atoms with Gasteiger partial charge in [-0.1, -0.05) is 29.8 Å². The lowest BCUT2D eigenvalue weighted by Crippen LogP contribution is -2.36. The van der Waals surface area contributed by atoms with Crippen LogP contribution in [0.1, 0.15) is 45.1 Å². The predicted molar refractivity (Wildman–Crippen MR) is 115 cm³/mol. The van der Waals surface area contributed by atoms with Crippen molar-refractivity contribution in [2.45, 2.75) is 50.8 Å². The standard InChI is InChI=1S/C20H30BrN3O3S/c1-3-19(25)24-12-7-16-13-17(21)14-18(20(16)24)28(26,27)22-8-4-9-23-10-5-15(2)6-11-23/h13-15,22H,3-12H2,1-2H3. The van der Waals surface area contributed by atoms with Crippen LogP contribution in [0.3, 0.4) is 0 Å². The highest BCUT2D eigenvalue weighted by Gasteiger charge is 2.31. The Morgan fingerprint density at radius 1 is 1.25 bits per heavy atom. The largest absolute Gasteiger partial charge is 0.310 e. The molecule has 1 saturated heterocycles. The molecule has 0 bridgehead atoms. The van der Waals surface area contributed by atoms with Crippen LogP contribution in [0.4, 0.5) is 5.69 Å². The quantitative estimate of drug-likeness (QED) is 0.620. The molecule has 1 N–H and O–H groups in total. The SMILES string of the molecule is CCC(=O)N1CCc2cc(Br)cc(S(=O)(=O)NCCCN3CCC(C)CC3)c21. The number of hydrogen-bond donors (Lipinski definition) is 1. The van der Waals surface area contributed by atoms with Crippen molar-refractivity contribution in [2.24, 2.45) is 5.92 Å². The molecule has 0 atom stereocenters. The van der Waals surface area contributed by atoms with Crippen molar-refractivity contribution in [3.63, 3.8) is 0 Å². The Hall–Kier alpha value is -0.960. The minimum atomic E-state index is -3.69. The minimum Gasteiger partial charge on any atom is -0.310 e. The Morgan fingerprint density at radius 2 is 1.96 bits per heavy atom.